The van der Waals surface area contributed by atoms with E-state index in [9.17, 15) is 4.79 Å². The Kier molecular flexibility index (Phi) is 5.19. The largest absolute Gasteiger partial charge is 0.360 e. The number of likely N-dealkylation sites (tertiary alicyclic amines) is 1. The summed E-state index contributed by atoms with van der Waals surface area (Å²) in [7, 11) is 0. The van der Waals surface area contributed by atoms with Crippen molar-refractivity contribution < 1.29 is 4.79 Å². The lowest BCUT2D eigenvalue weighted by Gasteiger charge is -2.38. The Bertz CT molecular complexity index is 472. The summed E-state index contributed by atoms with van der Waals surface area (Å²) in [6.45, 7) is 11.5. The van der Waals surface area contributed by atoms with Crippen molar-refractivity contribution in [2.24, 2.45) is 11.3 Å². The standard InChI is InChI=1S/C15H26N4OS/c1-5-8-16-14-18-17-12(21-14)13(20)19-9-6-11(7-10-19)15(2,3)4/h11H,5-10H2,1-4H3,(H,16,18). The Balaban J connectivity index is 1.91. The van der Waals surface area contributed by atoms with Gasteiger partial charge in [0.05, 0.1) is 0 Å². The molecular weight excluding hydrogens is 284 g/mol. The highest BCUT2D eigenvalue weighted by Gasteiger charge is 2.31. The molecule has 2 heterocycles. The molecule has 21 heavy (non-hydrogen) atoms. The molecule has 0 aliphatic carbocycles. The second-order valence-corrected chi connectivity index (χ2v) is 7.75. The first-order valence-corrected chi connectivity index (χ1v) is 8.60. The summed E-state index contributed by atoms with van der Waals surface area (Å²) in [4.78, 5) is 14.4. The fourth-order valence-corrected chi connectivity index (χ4v) is 3.43. The van der Waals surface area contributed by atoms with E-state index in [0.29, 0.717) is 16.3 Å². The highest BCUT2D eigenvalue weighted by atomic mass is 32.1. The molecule has 5 nitrogen and oxygen atoms in total. The van der Waals surface area contributed by atoms with Gasteiger partial charge in [-0.05, 0) is 30.6 Å². The van der Waals surface area contributed by atoms with Crippen LogP contribution in [0.3, 0.4) is 0 Å². The number of hydrogen-bond donors (Lipinski definition) is 1. The smallest absolute Gasteiger partial charge is 0.284 e. The Labute approximate surface area is 131 Å². The van der Waals surface area contributed by atoms with Gasteiger partial charge in [-0.1, -0.05) is 39.0 Å². The van der Waals surface area contributed by atoms with Gasteiger partial charge in [0, 0.05) is 19.6 Å². The molecule has 1 N–H and O–H groups in total. The predicted octanol–water partition coefficient (Wildman–Crippen LogP) is 3.26. The van der Waals surface area contributed by atoms with Crippen LogP contribution in [0.5, 0.6) is 0 Å². The van der Waals surface area contributed by atoms with Crippen LogP contribution in [0.1, 0.15) is 56.8 Å². The third kappa shape index (κ3) is 4.15. The minimum absolute atomic E-state index is 0.0319. The SMILES string of the molecule is CCCNc1nnc(C(=O)N2CCC(C(C)(C)C)CC2)s1. The lowest BCUT2D eigenvalue weighted by molar-refractivity contribution is 0.0607. The molecule has 1 aliphatic heterocycles. The Morgan fingerprint density at radius 2 is 2.00 bits per heavy atom. The summed E-state index contributed by atoms with van der Waals surface area (Å²) < 4.78 is 0. The van der Waals surface area contributed by atoms with Crippen LogP contribution in [0.25, 0.3) is 0 Å². The Morgan fingerprint density at radius 3 is 2.57 bits per heavy atom. The van der Waals surface area contributed by atoms with Gasteiger partial charge in [0.2, 0.25) is 10.1 Å². The van der Waals surface area contributed by atoms with Gasteiger partial charge >= 0.3 is 0 Å². The number of hydrogen-bond acceptors (Lipinski definition) is 5. The van der Waals surface area contributed by atoms with Crippen LogP contribution in [0, 0.1) is 11.3 Å². The number of anilines is 1. The van der Waals surface area contributed by atoms with Crippen molar-refractivity contribution in [3.8, 4) is 0 Å². The zero-order chi connectivity index (χ0) is 15.5. The topological polar surface area (TPSA) is 58.1 Å². The van der Waals surface area contributed by atoms with Crippen LogP contribution in [0.15, 0.2) is 0 Å². The third-order valence-electron chi connectivity index (χ3n) is 4.14. The summed E-state index contributed by atoms with van der Waals surface area (Å²) in [6, 6.07) is 0. The van der Waals surface area contributed by atoms with Gasteiger partial charge < -0.3 is 10.2 Å². The van der Waals surface area contributed by atoms with Gasteiger partial charge in [-0.2, -0.15) is 0 Å². The Morgan fingerprint density at radius 1 is 1.33 bits per heavy atom. The first-order chi connectivity index (χ1) is 9.91. The molecule has 2 rings (SSSR count). The minimum Gasteiger partial charge on any atom is -0.360 e. The summed E-state index contributed by atoms with van der Waals surface area (Å²) in [6.07, 6.45) is 3.19. The number of amides is 1. The molecule has 1 amide bonds. The summed E-state index contributed by atoms with van der Waals surface area (Å²) >= 11 is 1.36. The summed E-state index contributed by atoms with van der Waals surface area (Å²) in [5.41, 5.74) is 0.328. The Hall–Kier alpha value is -1.17. The molecule has 0 atom stereocenters. The maximum absolute atomic E-state index is 12.4. The van der Waals surface area contributed by atoms with E-state index in [-0.39, 0.29) is 5.91 Å². The van der Waals surface area contributed by atoms with Crippen molar-refractivity contribution in [1.82, 2.24) is 15.1 Å². The first kappa shape index (κ1) is 16.2. The zero-order valence-electron chi connectivity index (χ0n) is 13.5. The lowest BCUT2D eigenvalue weighted by atomic mass is 9.75. The number of carbonyl (C=O) groups is 1. The van der Waals surface area contributed by atoms with Crippen LogP contribution >= 0.6 is 11.3 Å². The first-order valence-electron chi connectivity index (χ1n) is 7.78. The van der Waals surface area contributed by atoms with Gasteiger partial charge in [-0.3, -0.25) is 4.79 Å². The summed E-state index contributed by atoms with van der Waals surface area (Å²) in [5.74, 6) is 0.724. The molecule has 6 heteroatoms. The van der Waals surface area contributed by atoms with Gasteiger partial charge in [-0.25, -0.2) is 0 Å². The maximum Gasteiger partial charge on any atom is 0.284 e. The maximum atomic E-state index is 12.4. The molecule has 0 radical (unpaired) electrons. The van der Waals surface area contributed by atoms with E-state index in [1.165, 1.54) is 11.3 Å². The van der Waals surface area contributed by atoms with E-state index in [1.54, 1.807) is 0 Å². The van der Waals surface area contributed by atoms with Crippen molar-refractivity contribution in [3.63, 3.8) is 0 Å². The van der Waals surface area contributed by atoms with Crippen molar-refractivity contribution in [2.45, 2.75) is 47.0 Å². The van der Waals surface area contributed by atoms with Crippen molar-refractivity contribution in [2.75, 3.05) is 25.0 Å². The minimum atomic E-state index is 0.0319. The molecule has 0 bridgehead atoms. The molecule has 0 unspecified atom stereocenters. The molecule has 118 valence electrons. The average molecular weight is 310 g/mol. The second-order valence-electron chi connectivity index (χ2n) is 6.77. The average Bonchev–Trinajstić information content (AvgIpc) is 2.92. The van der Waals surface area contributed by atoms with Gasteiger partial charge in [0.1, 0.15) is 0 Å². The number of carbonyl (C=O) groups excluding carboxylic acids is 1. The van der Waals surface area contributed by atoms with Crippen LogP contribution in [-0.2, 0) is 0 Å². The van der Waals surface area contributed by atoms with E-state index in [2.05, 4.69) is 43.2 Å². The van der Waals surface area contributed by atoms with Crippen LogP contribution in [0.2, 0.25) is 0 Å². The molecule has 1 aromatic heterocycles. The molecule has 1 aliphatic rings. The fraction of sp³-hybridized carbons (Fsp3) is 0.800. The van der Waals surface area contributed by atoms with E-state index in [1.807, 2.05) is 4.90 Å². The van der Waals surface area contributed by atoms with Crippen LogP contribution in [0.4, 0.5) is 5.13 Å². The van der Waals surface area contributed by atoms with E-state index < -0.39 is 0 Å². The van der Waals surface area contributed by atoms with E-state index in [4.69, 9.17) is 0 Å². The molecular formula is C15H26N4OS. The van der Waals surface area contributed by atoms with Crippen molar-refractivity contribution >= 4 is 22.4 Å². The normalized spacial score (nSPS) is 17.0. The third-order valence-corrected chi connectivity index (χ3v) is 5.01. The van der Waals surface area contributed by atoms with Gasteiger partial charge in [-0.15, -0.1) is 10.2 Å². The fourth-order valence-electron chi connectivity index (χ4n) is 2.70. The number of piperidine rings is 1. The molecule has 0 saturated carbocycles. The molecule has 1 aromatic rings. The molecule has 0 aromatic carbocycles. The van der Waals surface area contributed by atoms with Gasteiger partial charge in [0.15, 0.2) is 0 Å². The highest BCUT2D eigenvalue weighted by Crippen LogP contribution is 2.34. The van der Waals surface area contributed by atoms with Crippen molar-refractivity contribution in [3.05, 3.63) is 5.01 Å². The number of rotatable bonds is 4. The number of nitrogens with zero attached hydrogens (tertiary/aromatic N) is 3. The summed E-state index contributed by atoms with van der Waals surface area (Å²) in [5, 5.41) is 12.5. The lowest BCUT2D eigenvalue weighted by Crippen LogP contribution is -2.41. The monoisotopic (exact) mass is 310 g/mol. The van der Waals surface area contributed by atoms with Gasteiger partial charge in [0.25, 0.3) is 5.91 Å². The molecule has 1 saturated heterocycles. The van der Waals surface area contributed by atoms with E-state index in [0.717, 1.165) is 44.0 Å². The van der Waals surface area contributed by atoms with E-state index >= 15 is 0 Å². The molecule has 0 spiro atoms. The predicted molar refractivity (Wildman–Crippen MR) is 86.8 cm³/mol. The highest BCUT2D eigenvalue weighted by molar-refractivity contribution is 7.17. The van der Waals surface area contributed by atoms with Crippen LogP contribution in [-0.4, -0.2) is 40.6 Å². The second kappa shape index (κ2) is 6.73. The quantitative estimate of drug-likeness (QED) is 0.927. The number of aromatic nitrogens is 2. The zero-order valence-corrected chi connectivity index (χ0v) is 14.3. The van der Waals surface area contributed by atoms with Crippen molar-refractivity contribution in [1.29, 1.82) is 0 Å². The number of nitrogens with one attached hydrogen (secondary N) is 1. The molecule has 1 fully saturated rings. The van der Waals surface area contributed by atoms with Crippen LogP contribution < -0.4 is 5.32 Å².